The number of halogens is 1. The van der Waals surface area contributed by atoms with Crippen molar-refractivity contribution >= 4 is 35.1 Å². The number of aliphatic carboxylic acids is 1. The fourth-order valence-electron chi connectivity index (χ4n) is 8.12. The minimum Gasteiger partial charge on any atom is -0.481 e. The molecular formula is C32H37FN6O5S. The van der Waals surface area contributed by atoms with Crippen molar-refractivity contribution in [2.75, 3.05) is 39.3 Å². The molecule has 2 amide bonds. The van der Waals surface area contributed by atoms with Crippen LogP contribution in [-0.4, -0.2) is 99.5 Å². The maximum Gasteiger partial charge on any atom is 0.338 e. The Kier molecular flexibility index (Phi) is 7.23. The van der Waals surface area contributed by atoms with Crippen LogP contribution in [0.25, 0.3) is 0 Å². The number of nitrogens with zero attached hydrogens (tertiary/aromatic N) is 5. The number of thiazole rings is 1. The van der Waals surface area contributed by atoms with E-state index >= 15 is 0 Å². The average molecular weight is 637 g/mol. The number of carboxylic acid groups (broad SMARTS) is 1. The van der Waals surface area contributed by atoms with E-state index in [1.165, 1.54) is 17.4 Å². The Morgan fingerprint density at radius 3 is 2.71 bits per heavy atom. The fraction of sp³-hybridized carbons (Fsp3) is 0.531. The molecular weight excluding hydrogens is 599 g/mol. The van der Waals surface area contributed by atoms with Gasteiger partial charge in [0.25, 0.3) is 0 Å². The topological polar surface area (TPSA) is 128 Å². The highest BCUT2D eigenvalue weighted by Crippen LogP contribution is 2.73. The van der Waals surface area contributed by atoms with Crippen LogP contribution in [0.3, 0.4) is 0 Å². The van der Waals surface area contributed by atoms with Gasteiger partial charge in [-0.25, -0.2) is 19.0 Å². The third-order valence-electron chi connectivity index (χ3n) is 10.6. The van der Waals surface area contributed by atoms with Crippen molar-refractivity contribution in [1.82, 2.24) is 25.0 Å². The summed E-state index contributed by atoms with van der Waals surface area (Å²) >= 11 is 1.42. The Morgan fingerprint density at radius 2 is 2.02 bits per heavy atom. The summed E-state index contributed by atoms with van der Waals surface area (Å²) in [5.74, 6) is -1.55. The number of nitrogens with one attached hydrogen (secondary N) is 1. The van der Waals surface area contributed by atoms with Gasteiger partial charge in [0.15, 0.2) is 10.8 Å². The highest BCUT2D eigenvalue weighted by Gasteiger charge is 2.74. The summed E-state index contributed by atoms with van der Waals surface area (Å²) in [7, 11) is 0. The number of aliphatic imine (C=N–C) groups is 1. The number of aromatic nitrogens is 1. The van der Waals surface area contributed by atoms with E-state index in [1.54, 1.807) is 39.1 Å². The smallest absolute Gasteiger partial charge is 0.338 e. The molecule has 3 atom stereocenters. The molecule has 3 aliphatic carbocycles. The van der Waals surface area contributed by atoms with Crippen molar-refractivity contribution in [2.45, 2.75) is 57.7 Å². The quantitative estimate of drug-likeness (QED) is 0.400. The number of ether oxygens (including phenoxy) is 1. The molecule has 3 unspecified atom stereocenters. The minimum atomic E-state index is -0.787. The molecule has 3 saturated carbocycles. The first-order chi connectivity index (χ1) is 21.6. The molecule has 3 aliphatic heterocycles. The summed E-state index contributed by atoms with van der Waals surface area (Å²) in [5, 5.41) is 15.4. The first-order valence-electron chi connectivity index (χ1n) is 15.5. The lowest BCUT2D eigenvalue weighted by Gasteiger charge is -2.74. The number of amidine groups is 1. The standard InChI is InChI=1S/C32H37FN6O5S/c1-4-44-29(42)24-23(35-26(27-34-8-11-45-27)36-25(24)21-6-5-7-22(33)18(21)2)14-37-9-10-38-20(12-37)13-39(30(38)43)32-15-31(16-32,17-32)19(3)28(40)41/h5-8,11,19-20,25H,4,9-10,12-17H2,1-3H3,(H,35,36)(H,40,41). The van der Waals surface area contributed by atoms with Gasteiger partial charge in [0.05, 0.1) is 24.1 Å². The van der Waals surface area contributed by atoms with Crippen LogP contribution in [0.15, 0.2) is 46.0 Å². The number of urea groups is 1. The Morgan fingerprint density at radius 1 is 1.24 bits per heavy atom. The van der Waals surface area contributed by atoms with E-state index in [2.05, 4.69) is 15.2 Å². The van der Waals surface area contributed by atoms with Gasteiger partial charge in [-0.15, -0.1) is 11.3 Å². The lowest BCUT2D eigenvalue weighted by atomic mass is 9.35. The number of hydrogen-bond donors (Lipinski definition) is 2. The van der Waals surface area contributed by atoms with E-state index < -0.39 is 23.9 Å². The molecule has 2 N–H and O–H groups in total. The van der Waals surface area contributed by atoms with Crippen LogP contribution in [0.1, 0.15) is 55.3 Å². The number of rotatable bonds is 9. The van der Waals surface area contributed by atoms with E-state index in [4.69, 9.17) is 9.73 Å². The SMILES string of the molecule is CCOC(=O)C1=C(CN2CCN3C(=O)N(C45CC(C(C)C(=O)O)(C4)C5)CC3C2)NC(c2nccs2)=NC1c1cccc(F)c1C. The number of fused-ring (bicyclic) bond motifs is 1. The van der Waals surface area contributed by atoms with Gasteiger partial charge in [0, 0.05) is 55.5 Å². The zero-order chi connectivity index (χ0) is 31.7. The van der Waals surface area contributed by atoms with Crippen molar-refractivity contribution in [3.05, 3.63) is 63.0 Å². The molecule has 0 radical (unpaired) electrons. The summed E-state index contributed by atoms with van der Waals surface area (Å²) in [6.07, 6.45) is 3.95. The zero-order valence-corrected chi connectivity index (χ0v) is 26.4. The highest BCUT2D eigenvalue weighted by atomic mass is 32.1. The molecule has 1 aromatic carbocycles. The number of amides is 2. The van der Waals surface area contributed by atoms with Gasteiger partial charge in [-0.1, -0.05) is 19.1 Å². The molecule has 5 fully saturated rings. The normalized spacial score (nSPS) is 29.8. The molecule has 2 bridgehead atoms. The van der Waals surface area contributed by atoms with E-state index in [9.17, 15) is 23.9 Å². The second-order valence-electron chi connectivity index (χ2n) is 13.1. The van der Waals surface area contributed by atoms with Gasteiger partial charge in [0.1, 0.15) is 11.9 Å². The third-order valence-corrected chi connectivity index (χ3v) is 11.4. The van der Waals surface area contributed by atoms with Crippen LogP contribution in [0.5, 0.6) is 0 Å². The first kappa shape index (κ1) is 29.8. The van der Waals surface area contributed by atoms with E-state index in [-0.39, 0.29) is 35.5 Å². The molecule has 11 nitrogen and oxygen atoms in total. The van der Waals surface area contributed by atoms with Gasteiger partial charge in [-0.2, -0.15) is 0 Å². The van der Waals surface area contributed by atoms with E-state index in [0.717, 1.165) is 19.3 Å². The predicted octanol–water partition coefficient (Wildman–Crippen LogP) is 3.56. The number of carboxylic acids is 1. The van der Waals surface area contributed by atoms with E-state index in [1.807, 2.05) is 15.2 Å². The molecule has 0 spiro atoms. The molecule has 45 heavy (non-hydrogen) atoms. The molecule has 8 rings (SSSR count). The van der Waals surface area contributed by atoms with E-state index in [0.29, 0.717) is 66.0 Å². The van der Waals surface area contributed by atoms with Gasteiger partial charge in [0.2, 0.25) is 0 Å². The van der Waals surface area contributed by atoms with Crippen molar-refractivity contribution in [1.29, 1.82) is 0 Å². The number of benzene rings is 1. The van der Waals surface area contributed by atoms with Crippen LogP contribution in [0, 0.1) is 24.1 Å². The van der Waals surface area contributed by atoms with Gasteiger partial charge < -0.3 is 25.0 Å². The largest absolute Gasteiger partial charge is 0.481 e. The molecule has 2 aromatic rings. The fourth-order valence-corrected chi connectivity index (χ4v) is 8.71. The van der Waals surface area contributed by atoms with Crippen LogP contribution >= 0.6 is 11.3 Å². The Hall–Kier alpha value is -3.84. The minimum absolute atomic E-state index is 0.0169. The Balaban J connectivity index is 1.14. The number of carbonyl (C=O) groups excluding carboxylic acids is 2. The van der Waals surface area contributed by atoms with Crippen LogP contribution in [0.2, 0.25) is 0 Å². The first-order valence-corrected chi connectivity index (χ1v) is 16.4. The maximum atomic E-state index is 14.8. The summed E-state index contributed by atoms with van der Waals surface area (Å²) in [6, 6.07) is 4.04. The summed E-state index contributed by atoms with van der Waals surface area (Å²) in [5.41, 5.74) is 1.56. The molecule has 238 valence electrons. The lowest BCUT2D eigenvalue weighted by Crippen LogP contribution is -2.77. The highest BCUT2D eigenvalue weighted by molar-refractivity contribution is 7.11. The maximum absolute atomic E-state index is 14.8. The van der Waals surface area contributed by atoms with Crippen LogP contribution in [-0.2, 0) is 14.3 Å². The number of piperazine rings is 1. The number of carbonyl (C=O) groups is 3. The summed E-state index contributed by atoms with van der Waals surface area (Å²) < 4.78 is 20.3. The van der Waals surface area contributed by atoms with Gasteiger partial charge in [-0.05, 0) is 55.7 Å². The molecule has 6 aliphatic rings. The van der Waals surface area contributed by atoms with Gasteiger partial charge in [-0.3, -0.25) is 14.7 Å². The zero-order valence-electron chi connectivity index (χ0n) is 25.6. The predicted molar refractivity (Wildman–Crippen MR) is 164 cm³/mol. The number of esters is 1. The third kappa shape index (κ3) is 4.73. The second-order valence-corrected chi connectivity index (χ2v) is 14.0. The Labute approximate surface area is 264 Å². The second kappa shape index (κ2) is 10.9. The van der Waals surface area contributed by atoms with Crippen molar-refractivity contribution < 1.29 is 28.6 Å². The summed E-state index contributed by atoms with van der Waals surface area (Å²) in [4.78, 5) is 54.2. The van der Waals surface area contributed by atoms with Crippen LogP contribution < -0.4 is 5.32 Å². The lowest BCUT2D eigenvalue weighted by molar-refractivity contribution is -0.230. The molecule has 1 aromatic heterocycles. The molecule has 13 heteroatoms. The Bertz CT molecular complexity index is 1610. The number of hydrogen-bond acceptors (Lipinski definition) is 9. The monoisotopic (exact) mass is 636 g/mol. The molecule has 2 saturated heterocycles. The van der Waals surface area contributed by atoms with Crippen LogP contribution in [0.4, 0.5) is 9.18 Å². The van der Waals surface area contributed by atoms with Crippen molar-refractivity contribution in [3.8, 4) is 0 Å². The van der Waals surface area contributed by atoms with Gasteiger partial charge >= 0.3 is 18.0 Å². The van der Waals surface area contributed by atoms with Crippen molar-refractivity contribution in [2.24, 2.45) is 16.3 Å². The average Bonchev–Trinajstić information content (AvgIpc) is 3.61. The molecule has 4 heterocycles. The summed E-state index contributed by atoms with van der Waals surface area (Å²) in [6.45, 7) is 8.15. The van der Waals surface area contributed by atoms with Crippen molar-refractivity contribution in [3.63, 3.8) is 0 Å².